The van der Waals surface area contributed by atoms with Crippen molar-refractivity contribution in [3.05, 3.63) is 95.8 Å². The molecule has 0 aliphatic carbocycles. The maximum atomic E-state index is 13.4. The van der Waals surface area contributed by atoms with Crippen LogP contribution < -0.4 is 5.32 Å². The maximum Gasteiger partial charge on any atom is 0.243 e. The van der Waals surface area contributed by atoms with E-state index in [4.69, 9.17) is 4.98 Å². The highest BCUT2D eigenvalue weighted by Crippen LogP contribution is 2.26. The molecule has 0 aliphatic rings. The van der Waals surface area contributed by atoms with Crippen LogP contribution in [0.15, 0.2) is 72.9 Å². The number of nitrogens with one attached hydrogen (secondary N) is 1. The van der Waals surface area contributed by atoms with Crippen LogP contribution in [0, 0.1) is 5.82 Å². The van der Waals surface area contributed by atoms with E-state index in [2.05, 4.69) is 17.2 Å². The number of benzene rings is 2. The molecule has 2 heterocycles. The van der Waals surface area contributed by atoms with Gasteiger partial charge in [0.05, 0.1) is 23.3 Å². The van der Waals surface area contributed by atoms with E-state index in [1.807, 2.05) is 47.0 Å². The minimum Gasteiger partial charge on any atom is -0.349 e. The summed E-state index contributed by atoms with van der Waals surface area (Å²) in [5.41, 5.74) is 3.53. The molecule has 4 rings (SSSR count). The summed E-state index contributed by atoms with van der Waals surface area (Å²) < 4.78 is 15.4. The maximum absolute atomic E-state index is 13.4. The number of amides is 1. The third-order valence-corrected chi connectivity index (χ3v) is 5.29. The summed E-state index contributed by atoms with van der Waals surface area (Å²) in [6.45, 7) is 2.44. The van der Waals surface area contributed by atoms with Crippen LogP contribution in [-0.4, -0.2) is 20.4 Å². The zero-order valence-corrected chi connectivity index (χ0v) is 17.5. The molecule has 1 amide bonds. The van der Waals surface area contributed by atoms with Crippen molar-refractivity contribution in [2.24, 2.45) is 0 Å². The van der Waals surface area contributed by atoms with Crippen molar-refractivity contribution in [1.82, 2.24) is 19.9 Å². The van der Waals surface area contributed by atoms with Gasteiger partial charge in [0.15, 0.2) is 0 Å². The van der Waals surface area contributed by atoms with Crippen LogP contribution >= 0.6 is 0 Å². The molecule has 31 heavy (non-hydrogen) atoms. The lowest BCUT2D eigenvalue weighted by Crippen LogP contribution is -2.33. The number of carbonyl (C=O) groups excluding carboxylic acids is 1. The fourth-order valence-corrected chi connectivity index (χ4v) is 3.80. The first-order valence-electron chi connectivity index (χ1n) is 10.5. The first kappa shape index (κ1) is 20.7. The van der Waals surface area contributed by atoms with Crippen molar-refractivity contribution in [2.45, 2.75) is 38.8 Å². The quantitative estimate of drug-likeness (QED) is 0.448. The predicted molar refractivity (Wildman–Crippen MR) is 119 cm³/mol. The number of nitrogens with zero attached hydrogens (tertiary/aromatic N) is 3. The van der Waals surface area contributed by atoms with Crippen LogP contribution in [0.1, 0.15) is 42.9 Å². The van der Waals surface area contributed by atoms with Crippen molar-refractivity contribution in [3.8, 4) is 0 Å². The Labute approximate surface area is 181 Å². The highest BCUT2D eigenvalue weighted by atomic mass is 19.1. The molecule has 0 radical (unpaired) electrons. The number of fused-ring (bicyclic) bond motifs is 1. The van der Waals surface area contributed by atoms with Gasteiger partial charge in [-0.15, -0.1) is 0 Å². The molecule has 1 atom stereocenters. The van der Waals surface area contributed by atoms with Crippen LogP contribution in [0.5, 0.6) is 0 Å². The van der Waals surface area contributed by atoms with Crippen molar-refractivity contribution in [1.29, 1.82) is 0 Å². The fraction of sp³-hybridized carbons (Fsp3) is 0.240. The fourth-order valence-electron chi connectivity index (χ4n) is 3.80. The van der Waals surface area contributed by atoms with Gasteiger partial charge in [-0.05, 0) is 48.4 Å². The second-order valence-electron chi connectivity index (χ2n) is 7.53. The molecule has 2 aromatic heterocycles. The number of imidazole rings is 1. The SMILES string of the molecule is CCCC(C(=O)NCc1ccccn1)n1c(Cc2ccc(F)cc2)nc2ccccc21. The molecule has 0 saturated carbocycles. The van der Waals surface area contributed by atoms with Gasteiger partial charge in [0, 0.05) is 12.6 Å². The largest absolute Gasteiger partial charge is 0.349 e. The van der Waals surface area contributed by atoms with Crippen LogP contribution in [0.4, 0.5) is 4.39 Å². The first-order valence-corrected chi connectivity index (χ1v) is 10.5. The molecular weight excluding hydrogens is 391 g/mol. The lowest BCUT2D eigenvalue weighted by atomic mass is 10.1. The van der Waals surface area contributed by atoms with Gasteiger partial charge in [0.25, 0.3) is 0 Å². The normalized spacial score (nSPS) is 12.1. The molecular formula is C25H25FN4O. The number of pyridine rings is 1. The molecule has 6 heteroatoms. The Kier molecular flexibility index (Phi) is 6.36. The molecule has 4 aromatic rings. The zero-order valence-electron chi connectivity index (χ0n) is 17.5. The molecule has 2 aromatic carbocycles. The van der Waals surface area contributed by atoms with Crippen molar-refractivity contribution < 1.29 is 9.18 Å². The number of carbonyl (C=O) groups is 1. The Morgan fingerprint density at radius 3 is 2.58 bits per heavy atom. The van der Waals surface area contributed by atoms with E-state index >= 15 is 0 Å². The lowest BCUT2D eigenvalue weighted by Gasteiger charge is -2.21. The molecule has 1 unspecified atom stereocenters. The van der Waals surface area contributed by atoms with E-state index in [1.165, 1.54) is 12.1 Å². The van der Waals surface area contributed by atoms with Crippen molar-refractivity contribution in [2.75, 3.05) is 0 Å². The highest BCUT2D eigenvalue weighted by molar-refractivity contribution is 5.84. The number of aromatic nitrogens is 3. The van der Waals surface area contributed by atoms with Crippen LogP contribution in [0.3, 0.4) is 0 Å². The van der Waals surface area contributed by atoms with Gasteiger partial charge in [-0.1, -0.05) is 43.7 Å². The van der Waals surface area contributed by atoms with E-state index in [0.29, 0.717) is 19.4 Å². The number of hydrogen-bond acceptors (Lipinski definition) is 3. The molecule has 0 spiro atoms. The Balaban J connectivity index is 1.68. The summed E-state index contributed by atoms with van der Waals surface area (Å²) in [7, 11) is 0. The summed E-state index contributed by atoms with van der Waals surface area (Å²) in [6, 6.07) is 19.5. The van der Waals surface area contributed by atoms with Crippen molar-refractivity contribution >= 4 is 16.9 Å². The molecule has 1 N–H and O–H groups in total. The summed E-state index contributed by atoms with van der Waals surface area (Å²) in [5.74, 6) is 0.463. The van der Waals surface area contributed by atoms with E-state index in [0.717, 1.165) is 34.5 Å². The van der Waals surface area contributed by atoms with E-state index in [1.54, 1.807) is 18.3 Å². The molecule has 0 aliphatic heterocycles. The Bertz CT molecular complexity index is 1160. The molecule has 5 nitrogen and oxygen atoms in total. The number of hydrogen-bond donors (Lipinski definition) is 1. The van der Waals surface area contributed by atoms with Crippen molar-refractivity contribution in [3.63, 3.8) is 0 Å². The molecule has 158 valence electrons. The van der Waals surface area contributed by atoms with E-state index < -0.39 is 6.04 Å². The highest BCUT2D eigenvalue weighted by Gasteiger charge is 2.25. The van der Waals surface area contributed by atoms with Gasteiger partial charge in [-0.3, -0.25) is 9.78 Å². The predicted octanol–water partition coefficient (Wildman–Crippen LogP) is 4.82. The van der Waals surface area contributed by atoms with Crippen LogP contribution in [-0.2, 0) is 17.8 Å². The smallest absolute Gasteiger partial charge is 0.243 e. The number of para-hydroxylation sites is 2. The standard InChI is InChI=1S/C25H25FN4O/c1-2-7-23(25(31)28-17-20-8-5-6-15-27-20)30-22-10-4-3-9-21(22)29-24(30)16-18-11-13-19(26)14-12-18/h3-6,8-15,23H,2,7,16-17H2,1H3,(H,28,31). The third kappa shape index (κ3) is 4.79. The zero-order chi connectivity index (χ0) is 21.6. The Hall–Kier alpha value is -3.54. The average molecular weight is 417 g/mol. The summed E-state index contributed by atoms with van der Waals surface area (Å²) >= 11 is 0. The summed E-state index contributed by atoms with van der Waals surface area (Å²) in [6.07, 6.45) is 3.77. The summed E-state index contributed by atoms with van der Waals surface area (Å²) in [5, 5.41) is 3.04. The number of halogens is 1. The van der Waals surface area contributed by atoms with E-state index in [9.17, 15) is 9.18 Å². The minimum atomic E-state index is -0.392. The second-order valence-corrected chi connectivity index (χ2v) is 7.53. The minimum absolute atomic E-state index is 0.0592. The monoisotopic (exact) mass is 416 g/mol. The first-order chi connectivity index (χ1) is 15.2. The van der Waals surface area contributed by atoms with Crippen LogP contribution in [0.25, 0.3) is 11.0 Å². The Morgan fingerprint density at radius 2 is 1.84 bits per heavy atom. The average Bonchev–Trinajstić information content (AvgIpc) is 3.15. The van der Waals surface area contributed by atoms with Gasteiger partial charge in [-0.25, -0.2) is 9.37 Å². The third-order valence-electron chi connectivity index (χ3n) is 5.29. The van der Waals surface area contributed by atoms with Gasteiger partial charge < -0.3 is 9.88 Å². The van der Waals surface area contributed by atoms with Gasteiger partial charge in [0.1, 0.15) is 17.7 Å². The van der Waals surface area contributed by atoms with Gasteiger partial charge >= 0.3 is 0 Å². The molecule has 0 bridgehead atoms. The van der Waals surface area contributed by atoms with Gasteiger partial charge in [0.2, 0.25) is 5.91 Å². The van der Waals surface area contributed by atoms with E-state index in [-0.39, 0.29) is 11.7 Å². The van der Waals surface area contributed by atoms with Gasteiger partial charge in [-0.2, -0.15) is 0 Å². The topological polar surface area (TPSA) is 59.8 Å². The summed E-state index contributed by atoms with van der Waals surface area (Å²) in [4.78, 5) is 22.4. The second kappa shape index (κ2) is 9.51. The lowest BCUT2D eigenvalue weighted by molar-refractivity contribution is -0.124. The number of rotatable bonds is 8. The van der Waals surface area contributed by atoms with Crippen LogP contribution in [0.2, 0.25) is 0 Å². The molecule has 0 saturated heterocycles. The Morgan fingerprint density at radius 1 is 1.06 bits per heavy atom. The molecule has 0 fully saturated rings.